The van der Waals surface area contributed by atoms with Crippen molar-refractivity contribution in [1.82, 2.24) is 4.98 Å². The van der Waals surface area contributed by atoms with Crippen molar-refractivity contribution >= 4 is 42.8 Å². The van der Waals surface area contributed by atoms with Gasteiger partial charge in [0.1, 0.15) is 5.75 Å². The Bertz CT molecular complexity index is 577. The van der Waals surface area contributed by atoms with Gasteiger partial charge in [-0.15, -0.1) is 0 Å². The number of ether oxygens (including phenoxy) is 1. The molecule has 0 saturated heterocycles. The van der Waals surface area contributed by atoms with Crippen LogP contribution in [0.15, 0.2) is 32.1 Å². The molecule has 0 saturated carbocycles. The molecule has 0 unspecified atom stereocenters. The van der Waals surface area contributed by atoms with E-state index in [0.29, 0.717) is 11.1 Å². The Labute approximate surface area is 103 Å². The molecule has 2 aromatic rings. The Hall–Kier alpha value is -0.810. The molecule has 5 heteroatoms. The predicted octanol–water partition coefficient (Wildman–Crippen LogP) is 3.06. The highest BCUT2D eigenvalue weighted by Gasteiger charge is 2.12. The summed E-state index contributed by atoms with van der Waals surface area (Å²) in [4.78, 5) is 14.7. The van der Waals surface area contributed by atoms with E-state index in [2.05, 4.69) is 36.8 Å². The van der Waals surface area contributed by atoms with Crippen LogP contribution < -0.4 is 10.2 Å². The van der Waals surface area contributed by atoms with Crippen molar-refractivity contribution in [1.29, 1.82) is 0 Å². The van der Waals surface area contributed by atoms with Crippen molar-refractivity contribution in [2.75, 3.05) is 7.11 Å². The van der Waals surface area contributed by atoms with Crippen LogP contribution in [0.2, 0.25) is 0 Å². The molecule has 1 heterocycles. The van der Waals surface area contributed by atoms with E-state index in [4.69, 9.17) is 4.74 Å². The molecule has 1 N–H and O–H groups in total. The minimum absolute atomic E-state index is 0.0670. The second-order valence-electron chi connectivity index (χ2n) is 2.97. The molecular formula is C10H7Br2NO2. The normalized spacial score (nSPS) is 10.6. The summed E-state index contributed by atoms with van der Waals surface area (Å²) in [5.41, 5.74) is 0.671. The van der Waals surface area contributed by atoms with Crippen LogP contribution in [0.3, 0.4) is 0 Å². The number of aromatic amines is 1. The minimum atomic E-state index is -0.0670. The van der Waals surface area contributed by atoms with Gasteiger partial charge in [-0.05, 0) is 37.9 Å². The lowest BCUT2D eigenvalue weighted by molar-refractivity contribution is 0.417. The van der Waals surface area contributed by atoms with E-state index >= 15 is 0 Å². The molecule has 1 aromatic heterocycles. The van der Waals surface area contributed by atoms with E-state index in [-0.39, 0.29) is 5.43 Å². The summed E-state index contributed by atoms with van der Waals surface area (Å²) in [6.45, 7) is 0. The predicted molar refractivity (Wildman–Crippen MR) is 66.5 cm³/mol. The van der Waals surface area contributed by atoms with E-state index < -0.39 is 0 Å². The minimum Gasteiger partial charge on any atom is -0.495 e. The van der Waals surface area contributed by atoms with Crippen LogP contribution in [0.4, 0.5) is 0 Å². The lowest BCUT2D eigenvalue weighted by Gasteiger charge is -2.08. The van der Waals surface area contributed by atoms with Crippen LogP contribution in [-0.2, 0) is 0 Å². The van der Waals surface area contributed by atoms with Crippen LogP contribution in [0.5, 0.6) is 5.75 Å². The van der Waals surface area contributed by atoms with Gasteiger partial charge in [0.05, 0.1) is 22.5 Å². The highest BCUT2D eigenvalue weighted by molar-refractivity contribution is 9.11. The molecule has 0 aliphatic rings. The highest BCUT2D eigenvalue weighted by Crippen LogP contribution is 2.35. The van der Waals surface area contributed by atoms with Gasteiger partial charge in [0.2, 0.25) is 0 Å². The smallest absolute Gasteiger partial charge is 0.193 e. The summed E-state index contributed by atoms with van der Waals surface area (Å²) in [6, 6.07) is 3.32. The molecule has 15 heavy (non-hydrogen) atoms. The van der Waals surface area contributed by atoms with Crippen molar-refractivity contribution < 1.29 is 4.74 Å². The molecule has 0 aliphatic heterocycles. The maximum absolute atomic E-state index is 11.7. The third kappa shape index (κ3) is 1.70. The topological polar surface area (TPSA) is 42.1 Å². The van der Waals surface area contributed by atoms with E-state index in [1.54, 1.807) is 13.3 Å². The summed E-state index contributed by atoms with van der Waals surface area (Å²) in [5.74, 6) is 0.551. The largest absolute Gasteiger partial charge is 0.495 e. The number of fused-ring (bicyclic) bond motifs is 1. The van der Waals surface area contributed by atoms with Crippen LogP contribution in [0.1, 0.15) is 0 Å². The van der Waals surface area contributed by atoms with E-state index in [0.717, 1.165) is 14.5 Å². The van der Waals surface area contributed by atoms with Gasteiger partial charge in [-0.1, -0.05) is 0 Å². The molecule has 0 aliphatic carbocycles. The number of benzene rings is 1. The summed E-state index contributed by atoms with van der Waals surface area (Å²) in [7, 11) is 1.54. The van der Waals surface area contributed by atoms with E-state index in [1.807, 2.05) is 6.07 Å². The fraction of sp³-hybridized carbons (Fsp3) is 0.100. The number of pyridine rings is 1. The summed E-state index contributed by atoms with van der Waals surface area (Å²) in [6.07, 6.45) is 1.61. The molecule has 78 valence electrons. The SMILES string of the molecule is COc1c(Br)cc(Br)c2[nH]ccc(=O)c12. The summed E-state index contributed by atoms with van der Waals surface area (Å²) in [5, 5.41) is 0.543. The van der Waals surface area contributed by atoms with Crippen molar-refractivity contribution in [2.24, 2.45) is 0 Å². The van der Waals surface area contributed by atoms with Gasteiger partial charge in [-0.2, -0.15) is 0 Å². The van der Waals surface area contributed by atoms with Gasteiger partial charge in [0.15, 0.2) is 5.43 Å². The second-order valence-corrected chi connectivity index (χ2v) is 4.67. The molecule has 3 nitrogen and oxygen atoms in total. The number of nitrogens with one attached hydrogen (secondary N) is 1. The van der Waals surface area contributed by atoms with Gasteiger partial charge in [-0.3, -0.25) is 4.79 Å². The Kier molecular flexibility index (Phi) is 2.84. The number of H-pyrrole nitrogens is 1. The fourth-order valence-corrected chi connectivity index (χ4v) is 2.90. The number of methoxy groups -OCH3 is 1. The van der Waals surface area contributed by atoms with Gasteiger partial charge in [0, 0.05) is 16.7 Å². The first-order valence-corrected chi connectivity index (χ1v) is 5.77. The van der Waals surface area contributed by atoms with E-state index in [9.17, 15) is 4.79 Å². The molecule has 1 aromatic carbocycles. The standard InChI is InChI=1S/C10H7Br2NO2/c1-15-10-6(12)4-5(11)9-8(10)7(14)2-3-13-9/h2-4H,1H3,(H,13,14). The molecule has 0 atom stereocenters. The van der Waals surface area contributed by atoms with Crippen LogP contribution in [-0.4, -0.2) is 12.1 Å². The third-order valence-corrected chi connectivity index (χ3v) is 3.31. The van der Waals surface area contributed by atoms with Gasteiger partial charge in [0.25, 0.3) is 0 Å². The summed E-state index contributed by atoms with van der Waals surface area (Å²) >= 11 is 6.74. The van der Waals surface area contributed by atoms with E-state index in [1.165, 1.54) is 6.07 Å². The first kappa shape index (κ1) is 10.7. The Balaban J connectivity index is 3.05. The fourth-order valence-electron chi connectivity index (χ4n) is 1.46. The second kappa shape index (κ2) is 3.98. The monoisotopic (exact) mass is 331 g/mol. The quantitative estimate of drug-likeness (QED) is 0.872. The maximum atomic E-state index is 11.7. The lowest BCUT2D eigenvalue weighted by atomic mass is 10.2. The number of halogens is 2. The third-order valence-electron chi connectivity index (χ3n) is 2.10. The maximum Gasteiger partial charge on any atom is 0.193 e. The molecule has 0 fully saturated rings. The molecule has 0 radical (unpaired) electrons. The Morgan fingerprint density at radius 1 is 1.33 bits per heavy atom. The molecule has 2 rings (SSSR count). The van der Waals surface area contributed by atoms with Gasteiger partial charge >= 0.3 is 0 Å². The summed E-state index contributed by atoms with van der Waals surface area (Å²) < 4.78 is 6.78. The zero-order valence-corrected chi connectivity index (χ0v) is 11.0. The average Bonchev–Trinajstić information content (AvgIpc) is 2.20. The zero-order valence-electron chi connectivity index (χ0n) is 7.80. The van der Waals surface area contributed by atoms with Crippen LogP contribution in [0.25, 0.3) is 10.9 Å². The Morgan fingerprint density at radius 3 is 2.73 bits per heavy atom. The van der Waals surface area contributed by atoms with Crippen molar-refractivity contribution in [3.63, 3.8) is 0 Å². The number of aromatic nitrogens is 1. The zero-order chi connectivity index (χ0) is 11.0. The number of rotatable bonds is 1. The number of hydrogen-bond donors (Lipinski definition) is 1. The molecule has 0 spiro atoms. The van der Waals surface area contributed by atoms with Gasteiger partial charge < -0.3 is 9.72 Å². The van der Waals surface area contributed by atoms with Crippen molar-refractivity contribution in [3.05, 3.63) is 37.5 Å². The number of hydrogen-bond acceptors (Lipinski definition) is 2. The van der Waals surface area contributed by atoms with Crippen LogP contribution in [0, 0.1) is 0 Å². The Morgan fingerprint density at radius 2 is 2.07 bits per heavy atom. The average molecular weight is 333 g/mol. The van der Waals surface area contributed by atoms with Crippen molar-refractivity contribution in [2.45, 2.75) is 0 Å². The van der Waals surface area contributed by atoms with Crippen molar-refractivity contribution in [3.8, 4) is 5.75 Å². The molecule has 0 amide bonds. The van der Waals surface area contributed by atoms with Crippen LogP contribution >= 0.6 is 31.9 Å². The first-order chi connectivity index (χ1) is 7.15. The molecular weight excluding hydrogens is 326 g/mol. The first-order valence-electron chi connectivity index (χ1n) is 4.18. The molecule has 0 bridgehead atoms. The lowest BCUT2D eigenvalue weighted by Crippen LogP contribution is -2.03. The van der Waals surface area contributed by atoms with Gasteiger partial charge in [-0.25, -0.2) is 0 Å². The highest BCUT2D eigenvalue weighted by atomic mass is 79.9.